The Morgan fingerprint density at radius 1 is 0.966 bits per heavy atom. The van der Waals surface area contributed by atoms with Crippen LogP contribution in [-0.4, -0.2) is 147 Å². The molecule has 2 saturated heterocycles. The Hall–Kier alpha value is -5.37. The van der Waals surface area contributed by atoms with E-state index in [0.29, 0.717) is 5.57 Å². The van der Waals surface area contributed by atoms with Crippen LogP contribution in [0.1, 0.15) is 29.9 Å². The van der Waals surface area contributed by atoms with Crippen LogP contribution in [0.5, 0.6) is 23.0 Å². The topological polar surface area (TPSA) is 382 Å². The van der Waals surface area contributed by atoms with Gasteiger partial charge < -0.3 is 95.7 Å². The number of phenols is 3. The summed E-state index contributed by atoms with van der Waals surface area (Å²) in [6, 6.07) is 4.60. The Morgan fingerprint density at radius 3 is 2.36 bits per heavy atom. The number of carbonyl (C=O) groups is 2. The number of allylic oxidation sites excluding steroid dienone is 2. The van der Waals surface area contributed by atoms with Gasteiger partial charge in [0.15, 0.2) is 23.0 Å². The van der Waals surface area contributed by atoms with Gasteiger partial charge in [0.25, 0.3) is 0 Å². The fourth-order valence-corrected chi connectivity index (χ4v) is 7.63. The molecule has 318 valence electrons. The first kappa shape index (κ1) is 41.8. The molecule has 1 spiro atoms. The number of nitrogens with one attached hydrogen (secondary N) is 1. The van der Waals surface area contributed by atoms with Gasteiger partial charge in [-0.25, -0.2) is 9.59 Å². The van der Waals surface area contributed by atoms with Crippen molar-refractivity contribution in [3.8, 4) is 34.3 Å². The predicted octanol–water partition coefficient (Wildman–Crippen LogP) is -3.37. The van der Waals surface area contributed by atoms with Gasteiger partial charge in [-0.1, -0.05) is 6.08 Å². The molecule has 22 heteroatoms. The number of aliphatic carboxylic acids is 1. The van der Waals surface area contributed by atoms with Crippen molar-refractivity contribution in [3.05, 3.63) is 69.5 Å². The summed E-state index contributed by atoms with van der Waals surface area (Å²) in [7, 11) is 0. The van der Waals surface area contributed by atoms with Gasteiger partial charge in [-0.2, -0.15) is 0 Å². The SMILES string of the molecule is NC1C=CC(C2CCC3(Oc4cc5oc(-c6cc(O)c(O)c(CCO)c6)cc(=O)c5c(O)c42)OC(C(=O)OC2OC(C(=O)O)C(O)(O)C(O)C2O)C(O)C(O)C3O)=CN1. The van der Waals surface area contributed by atoms with Gasteiger partial charge in [-0.3, -0.25) is 4.79 Å². The zero-order chi connectivity index (χ0) is 42.9. The monoisotopic (exact) mass is 832 g/mol. The molecule has 22 nitrogen and oxygen atoms in total. The summed E-state index contributed by atoms with van der Waals surface area (Å²) >= 11 is 0. The molecular formula is C37H40N2O20. The maximum atomic E-state index is 13.7. The van der Waals surface area contributed by atoms with E-state index in [0.717, 1.165) is 18.2 Å². The standard InChI is InChI=1S/C37H40N2O20/c38-21-2-1-13(11-39-21)15-3-5-36(30(48)27(46)26(45)29(59-36)34(52)57-35-28(47)31(49)37(53,54)32(56-35)33(50)51)58-20-10-19-23(25(44)22(15)20)16(41)9-18(55-19)14-7-12(4-6-40)24(43)17(42)8-14/h1-2,7-11,15,21,26-32,35,39-40,42-49,53-54H,3-6,38H2,(H,50,51). The highest BCUT2D eigenvalue weighted by Crippen LogP contribution is 2.52. The molecule has 1 aromatic heterocycles. The molecule has 0 bridgehead atoms. The van der Waals surface area contributed by atoms with E-state index in [4.69, 9.17) is 29.1 Å². The molecule has 3 aromatic rings. The number of aromatic hydroxyl groups is 3. The first-order valence-corrected chi connectivity index (χ1v) is 18.0. The zero-order valence-corrected chi connectivity index (χ0v) is 30.4. The van der Waals surface area contributed by atoms with E-state index < -0.39 is 120 Å². The molecule has 0 amide bonds. The van der Waals surface area contributed by atoms with E-state index in [2.05, 4.69) is 5.32 Å². The summed E-state index contributed by atoms with van der Waals surface area (Å²) < 4.78 is 28.1. The molecule has 4 aliphatic heterocycles. The van der Waals surface area contributed by atoms with Gasteiger partial charge in [0, 0.05) is 54.0 Å². The number of carboxylic acid groups (broad SMARTS) is 1. The molecule has 11 atom stereocenters. The Balaban J connectivity index is 1.31. The lowest BCUT2D eigenvalue weighted by Crippen LogP contribution is -2.70. The van der Waals surface area contributed by atoms with Crippen molar-refractivity contribution >= 4 is 22.9 Å². The fraction of sp³-hybridized carbons (Fsp3) is 0.432. The lowest BCUT2D eigenvalue weighted by Gasteiger charge is -2.47. The number of fused-ring (bicyclic) bond motifs is 2. The summed E-state index contributed by atoms with van der Waals surface area (Å²) in [5.41, 5.74) is 5.43. The Bertz CT molecular complexity index is 2290. The van der Waals surface area contributed by atoms with Crippen LogP contribution in [0.2, 0.25) is 0 Å². The highest BCUT2D eigenvalue weighted by Gasteiger charge is 2.61. The molecule has 0 radical (unpaired) electrons. The van der Waals surface area contributed by atoms with Crippen LogP contribution in [0.4, 0.5) is 0 Å². The summed E-state index contributed by atoms with van der Waals surface area (Å²) in [6.45, 7) is -0.400. The third-order valence-corrected chi connectivity index (χ3v) is 10.7. The van der Waals surface area contributed by atoms with Gasteiger partial charge in [-0.05, 0) is 36.6 Å². The number of hydrogen-bond acceptors (Lipinski definition) is 21. The number of esters is 1. The van der Waals surface area contributed by atoms with Crippen molar-refractivity contribution in [1.29, 1.82) is 0 Å². The number of aliphatic hydroxyl groups excluding tert-OH is 6. The van der Waals surface area contributed by atoms with Crippen LogP contribution in [0.3, 0.4) is 0 Å². The molecule has 2 fully saturated rings. The maximum absolute atomic E-state index is 13.7. The minimum Gasteiger partial charge on any atom is -0.507 e. The van der Waals surface area contributed by atoms with E-state index >= 15 is 0 Å². The molecule has 7 rings (SSSR count). The summed E-state index contributed by atoms with van der Waals surface area (Å²) in [4.78, 5) is 39.0. The zero-order valence-electron chi connectivity index (χ0n) is 30.4. The number of phenolic OH excluding ortho intramolecular Hbond substituents is 3. The van der Waals surface area contributed by atoms with Gasteiger partial charge in [0.2, 0.25) is 24.0 Å². The lowest BCUT2D eigenvalue weighted by atomic mass is 9.82. The Labute approximate surface area is 330 Å². The molecule has 2 aromatic carbocycles. The average molecular weight is 833 g/mol. The van der Waals surface area contributed by atoms with Gasteiger partial charge >= 0.3 is 11.9 Å². The molecule has 0 aliphatic carbocycles. The molecule has 59 heavy (non-hydrogen) atoms. The Morgan fingerprint density at radius 2 is 1.69 bits per heavy atom. The maximum Gasteiger partial charge on any atom is 0.340 e. The smallest absolute Gasteiger partial charge is 0.340 e. The molecule has 15 N–H and O–H groups in total. The molecule has 0 saturated carbocycles. The first-order chi connectivity index (χ1) is 27.8. The van der Waals surface area contributed by atoms with E-state index in [-0.39, 0.29) is 52.0 Å². The van der Waals surface area contributed by atoms with Crippen molar-refractivity contribution < 1.29 is 94.2 Å². The largest absolute Gasteiger partial charge is 0.507 e. The van der Waals surface area contributed by atoms with Crippen LogP contribution in [-0.2, 0) is 30.2 Å². The van der Waals surface area contributed by atoms with Crippen molar-refractivity contribution in [2.75, 3.05) is 6.61 Å². The van der Waals surface area contributed by atoms with Gasteiger partial charge in [0.1, 0.15) is 58.7 Å². The van der Waals surface area contributed by atoms with Gasteiger partial charge in [0.05, 0.1) is 6.17 Å². The third kappa shape index (κ3) is 7.12. The van der Waals surface area contributed by atoms with Crippen LogP contribution >= 0.6 is 0 Å². The fourth-order valence-electron chi connectivity index (χ4n) is 7.63. The van der Waals surface area contributed by atoms with E-state index in [1.165, 1.54) is 12.3 Å². The number of dihydropyridines is 1. The first-order valence-electron chi connectivity index (χ1n) is 18.0. The normalized spacial score (nSPS) is 32.7. The van der Waals surface area contributed by atoms with Crippen LogP contribution in [0.15, 0.2) is 57.4 Å². The predicted molar refractivity (Wildman–Crippen MR) is 192 cm³/mol. The summed E-state index contributed by atoms with van der Waals surface area (Å²) in [6.07, 6.45) is -15.9. The van der Waals surface area contributed by atoms with E-state index in [1.807, 2.05) is 0 Å². The highest BCUT2D eigenvalue weighted by atomic mass is 16.8. The van der Waals surface area contributed by atoms with Gasteiger partial charge in [-0.15, -0.1) is 0 Å². The second-order valence-electron chi connectivity index (χ2n) is 14.5. The number of carboxylic acids is 1. The molecule has 4 aliphatic rings. The van der Waals surface area contributed by atoms with E-state index in [1.54, 1.807) is 12.2 Å². The van der Waals surface area contributed by atoms with Crippen molar-refractivity contribution in [1.82, 2.24) is 5.32 Å². The third-order valence-electron chi connectivity index (χ3n) is 10.7. The summed E-state index contributed by atoms with van der Waals surface area (Å²) in [5, 5.41) is 128. The number of hydrogen-bond donors (Lipinski definition) is 14. The van der Waals surface area contributed by atoms with Crippen LogP contribution in [0, 0.1) is 0 Å². The minimum absolute atomic E-state index is 0.0606. The lowest BCUT2D eigenvalue weighted by molar-refractivity contribution is -0.375. The highest BCUT2D eigenvalue weighted by molar-refractivity contribution is 5.89. The van der Waals surface area contributed by atoms with Crippen molar-refractivity contribution in [3.63, 3.8) is 0 Å². The molecule has 11 unspecified atom stereocenters. The van der Waals surface area contributed by atoms with Crippen LogP contribution < -0.4 is 21.2 Å². The Kier molecular flexibility index (Phi) is 10.9. The van der Waals surface area contributed by atoms with Crippen LogP contribution in [0.25, 0.3) is 22.3 Å². The second kappa shape index (κ2) is 15.3. The number of nitrogens with two attached hydrogens (primary N) is 1. The molecular weight excluding hydrogens is 792 g/mol. The number of aliphatic hydroxyl groups is 8. The average Bonchev–Trinajstić information content (AvgIpc) is 3.35. The number of benzene rings is 2. The second-order valence-corrected chi connectivity index (χ2v) is 14.5. The van der Waals surface area contributed by atoms with E-state index in [9.17, 15) is 75.7 Å². The summed E-state index contributed by atoms with van der Waals surface area (Å²) in [5.74, 6) is -13.0. The quantitative estimate of drug-likeness (QED) is 0.0627. The van der Waals surface area contributed by atoms with Crippen molar-refractivity contribution in [2.45, 2.75) is 91.9 Å². The van der Waals surface area contributed by atoms with Crippen molar-refractivity contribution in [2.24, 2.45) is 5.73 Å². The number of carbonyl (C=O) groups excluding carboxylic acids is 1. The number of rotatable bonds is 7. The molecule has 5 heterocycles. The minimum atomic E-state index is -3.55. The number of ether oxygens (including phenoxy) is 4.